The molecule has 0 aliphatic rings. The molecule has 2 N–H and O–H groups in total. The summed E-state index contributed by atoms with van der Waals surface area (Å²) in [6.07, 6.45) is 0.930. The lowest BCUT2D eigenvalue weighted by atomic mass is 10.1. The van der Waals surface area contributed by atoms with Crippen molar-refractivity contribution in [2.24, 2.45) is 0 Å². The fourth-order valence-electron chi connectivity index (χ4n) is 2.68. The molecular weight excluding hydrogens is 348 g/mol. The number of anilines is 4. The highest BCUT2D eigenvalue weighted by atomic mass is 35.5. The van der Waals surface area contributed by atoms with Gasteiger partial charge in [-0.25, -0.2) is 4.98 Å². The Morgan fingerprint density at radius 3 is 2.58 bits per heavy atom. The molecule has 0 saturated heterocycles. The number of nitrogens with zero attached hydrogens (tertiary/aromatic N) is 2. The highest BCUT2D eigenvalue weighted by Gasteiger charge is 2.09. The van der Waals surface area contributed by atoms with Gasteiger partial charge in [-0.3, -0.25) is 0 Å². The van der Waals surface area contributed by atoms with Crippen LogP contribution in [-0.4, -0.2) is 17.1 Å². The smallest absolute Gasteiger partial charge is 0.229 e. The maximum Gasteiger partial charge on any atom is 0.229 e. The van der Waals surface area contributed by atoms with E-state index in [0.717, 1.165) is 23.5 Å². The van der Waals surface area contributed by atoms with Crippen molar-refractivity contribution in [1.29, 1.82) is 0 Å². The first kappa shape index (κ1) is 18.0. The zero-order valence-corrected chi connectivity index (χ0v) is 15.8. The van der Waals surface area contributed by atoms with E-state index in [2.05, 4.69) is 33.6 Å². The first-order valence-electron chi connectivity index (χ1n) is 8.40. The number of rotatable bonds is 6. The average Bonchev–Trinajstić information content (AvgIpc) is 2.62. The largest absolute Gasteiger partial charge is 0.495 e. The van der Waals surface area contributed by atoms with Gasteiger partial charge >= 0.3 is 0 Å². The minimum absolute atomic E-state index is 0.536. The minimum atomic E-state index is 0.536. The normalized spacial score (nSPS) is 10.5. The molecule has 0 saturated carbocycles. The molecule has 2 aromatic carbocycles. The highest BCUT2D eigenvalue weighted by Crippen LogP contribution is 2.30. The predicted molar refractivity (Wildman–Crippen MR) is 107 cm³/mol. The number of methoxy groups -OCH3 is 1. The van der Waals surface area contributed by atoms with Gasteiger partial charge in [0.1, 0.15) is 11.6 Å². The molecule has 3 aromatic rings. The number of aromatic nitrogens is 2. The van der Waals surface area contributed by atoms with Crippen molar-refractivity contribution in [2.75, 3.05) is 17.7 Å². The van der Waals surface area contributed by atoms with Crippen molar-refractivity contribution >= 4 is 34.7 Å². The van der Waals surface area contributed by atoms with E-state index in [1.54, 1.807) is 19.2 Å². The Kier molecular flexibility index (Phi) is 5.58. The van der Waals surface area contributed by atoms with Crippen molar-refractivity contribution in [3.05, 3.63) is 64.8 Å². The molecule has 0 radical (unpaired) electrons. The third kappa shape index (κ3) is 4.24. The first-order chi connectivity index (χ1) is 12.6. The molecule has 3 rings (SSSR count). The number of para-hydroxylation sites is 1. The minimum Gasteiger partial charge on any atom is -0.495 e. The molecule has 0 aliphatic carbocycles. The van der Waals surface area contributed by atoms with E-state index >= 15 is 0 Å². The Balaban J connectivity index is 1.90. The van der Waals surface area contributed by atoms with Gasteiger partial charge in [-0.15, -0.1) is 0 Å². The van der Waals surface area contributed by atoms with Gasteiger partial charge in [0.05, 0.1) is 12.8 Å². The number of hydrogen-bond donors (Lipinski definition) is 2. The highest BCUT2D eigenvalue weighted by molar-refractivity contribution is 6.31. The van der Waals surface area contributed by atoms with Crippen LogP contribution in [0.4, 0.5) is 23.1 Å². The molecule has 26 heavy (non-hydrogen) atoms. The van der Waals surface area contributed by atoms with E-state index in [-0.39, 0.29) is 0 Å². The van der Waals surface area contributed by atoms with Crippen molar-refractivity contribution in [3.8, 4) is 5.75 Å². The summed E-state index contributed by atoms with van der Waals surface area (Å²) in [7, 11) is 1.62. The third-order valence-corrected chi connectivity index (χ3v) is 4.16. The molecule has 0 unspecified atom stereocenters. The van der Waals surface area contributed by atoms with Crippen LogP contribution in [0.2, 0.25) is 5.02 Å². The molecule has 0 bridgehead atoms. The first-order valence-corrected chi connectivity index (χ1v) is 8.78. The molecule has 6 heteroatoms. The summed E-state index contributed by atoms with van der Waals surface area (Å²) in [6, 6.07) is 15.4. The molecule has 134 valence electrons. The SMILES string of the molecule is CCc1ccccc1Nc1nc(C)cc(Nc2cc(Cl)ccc2OC)n1. The van der Waals surface area contributed by atoms with E-state index in [1.807, 2.05) is 37.3 Å². The Morgan fingerprint density at radius 1 is 1.00 bits per heavy atom. The molecule has 0 spiro atoms. The second-order valence-corrected chi connectivity index (χ2v) is 6.26. The fraction of sp³-hybridized carbons (Fsp3) is 0.200. The van der Waals surface area contributed by atoms with Crippen LogP contribution in [-0.2, 0) is 6.42 Å². The van der Waals surface area contributed by atoms with Crippen LogP contribution < -0.4 is 15.4 Å². The van der Waals surface area contributed by atoms with Crippen LogP contribution in [0, 0.1) is 6.92 Å². The van der Waals surface area contributed by atoms with Gasteiger partial charge in [0, 0.05) is 22.5 Å². The number of nitrogens with one attached hydrogen (secondary N) is 2. The van der Waals surface area contributed by atoms with Crippen molar-refractivity contribution in [3.63, 3.8) is 0 Å². The van der Waals surface area contributed by atoms with E-state index in [1.165, 1.54) is 5.56 Å². The summed E-state index contributed by atoms with van der Waals surface area (Å²) in [4.78, 5) is 9.06. The molecule has 0 fully saturated rings. The number of hydrogen-bond acceptors (Lipinski definition) is 5. The average molecular weight is 369 g/mol. The van der Waals surface area contributed by atoms with Crippen LogP contribution >= 0.6 is 11.6 Å². The Hall–Kier alpha value is -2.79. The van der Waals surface area contributed by atoms with Crippen LogP contribution in [0.5, 0.6) is 5.75 Å². The summed E-state index contributed by atoms with van der Waals surface area (Å²) >= 11 is 6.10. The maximum atomic E-state index is 6.10. The molecule has 5 nitrogen and oxygen atoms in total. The maximum absolute atomic E-state index is 6.10. The lowest BCUT2D eigenvalue weighted by Gasteiger charge is -2.14. The zero-order valence-electron chi connectivity index (χ0n) is 15.0. The number of benzene rings is 2. The molecule has 0 atom stereocenters. The zero-order chi connectivity index (χ0) is 18.5. The van der Waals surface area contributed by atoms with Crippen LogP contribution in [0.25, 0.3) is 0 Å². The number of ether oxygens (including phenoxy) is 1. The van der Waals surface area contributed by atoms with Crippen LogP contribution in [0.1, 0.15) is 18.2 Å². The van der Waals surface area contributed by atoms with Gasteiger partial charge in [-0.1, -0.05) is 36.7 Å². The van der Waals surface area contributed by atoms with E-state index in [0.29, 0.717) is 22.5 Å². The summed E-state index contributed by atoms with van der Waals surface area (Å²) in [5.41, 5.74) is 3.81. The summed E-state index contributed by atoms with van der Waals surface area (Å²) in [6.45, 7) is 4.05. The Bertz CT molecular complexity index is 914. The van der Waals surface area contributed by atoms with Crippen LogP contribution in [0.15, 0.2) is 48.5 Å². The molecule has 0 aliphatic heterocycles. The van der Waals surface area contributed by atoms with Crippen molar-refractivity contribution in [1.82, 2.24) is 9.97 Å². The van der Waals surface area contributed by atoms with E-state index in [9.17, 15) is 0 Å². The van der Waals surface area contributed by atoms with E-state index in [4.69, 9.17) is 16.3 Å². The Morgan fingerprint density at radius 2 is 1.81 bits per heavy atom. The second kappa shape index (κ2) is 8.06. The lowest BCUT2D eigenvalue weighted by molar-refractivity contribution is 0.417. The van der Waals surface area contributed by atoms with Gasteiger partial charge in [0.15, 0.2) is 0 Å². The topological polar surface area (TPSA) is 59.1 Å². The van der Waals surface area contributed by atoms with Gasteiger partial charge in [0.25, 0.3) is 0 Å². The Labute approximate surface area is 158 Å². The molecule has 0 amide bonds. The van der Waals surface area contributed by atoms with Gasteiger partial charge in [-0.2, -0.15) is 4.98 Å². The number of aryl methyl sites for hydroxylation is 2. The summed E-state index contributed by atoms with van der Waals surface area (Å²) < 4.78 is 5.38. The standard InChI is InChI=1S/C20H21ClN4O/c1-4-14-7-5-6-8-16(14)24-20-22-13(2)11-19(25-20)23-17-12-15(21)9-10-18(17)26-3/h5-12H,4H2,1-3H3,(H2,22,23,24,25). The summed E-state index contributed by atoms with van der Waals surface area (Å²) in [5, 5.41) is 7.19. The molecule has 1 heterocycles. The molecule has 1 aromatic heterocycles. The van der Waals surface area contributed by atoms with Gasteiger partial charge in [-0.05, 0) is 43.2 Å². The van der Waals surface area contributed by atoms with Gasteiger partial charge in [0.2, 0.25) is 5.95 Å². The molecular formula is C20H21ClN4O. The van der Waals surface area contributed by atoms with Crippen LogP contribution in [0.3, 0.4) is 0 Å². The van der Waals surface area contributed by atoms with Crippen molar-refractivity contribution in [2.45, 2.75) is 20.3 Å². The fourth-order valence-corrected chi connectivity index (χ4v) is 2.85. The lowest BCUT2D eigenvalue weighted by Crippen LogP contribution is -2.04. The third-order valence-electron chi connectivity index (χ3n) is 3.92. The predicted octanol–water partition coefficient (Wildman–Crippen LogP) is 5.50. The monoisotopic (exact) mass is 368 g/mol. The second-order valence-electron chi connectivity index (χ2n) is 5.82. The summed E-state index contributed by atoms with van der Waals surface area (Å²) in [5.74, 6) is 1.89. The van der Waals surface area contributed by atoms with E-state index < -0.39 is 0 Å². The van der Waals surface area contributed by atoms with Crippen molar-refractivity contribution < 1.29 is 4.74 Å². The van der Waals surface area contributed by atoms with Gasteiger partial charge < -0.3 is 15.4 Å². The number of halogens is 1. The quantitative estimate of drug-likeness (QED) is 0.601.